The van der Waals surface area contributed by atoms with Gasteiger partial charge in [0, 0.05) is 12.6 Å². The summed E-state index contributed by atoms with van der Waals surface area (Å²) in [5.41, 5.74) is 0. The van der Waals surface area contributed by atoms with Gasteiger partial charge in [0.1, 0.15) is 0 Å². The molecule has 0 amide bonds. The molecule has 0 spiro atoms. The second-order valence-electron chi connectivity index (χ2n) is 5.74. The smallest absolute Gasteiger partial charge is 0.212 e. The molecule has 0 aromatic heterocycles. The highest BCUT2D eigenvalue weighted by molar-refractivity contribution is 7.89. The maximum atomic E-state index is 12.4. The third kappa shape index (κ3) is 3.44. The van der Waals surface area contributed by atoms with Crippen molar-refractivity contribution in [3.05, 3.63) is 0 Å². The molecule has 2 aliphatic rings. The zero-order valence-corrected chi connectivity index (χ0v) is 11.7. The summed E-state index contributed by atoms with van der Waals surface area (Å²) < 4.78 is 26.5. The van der Waals surface area contributed by atoms with Crippen molar-refractivity contribution in [1.82, 2.24) is 4.31 Å². The van der Waals surface area contributed by atoms with E-state index in [-0.39, 0.29) is 6.04 Å². The average molecular weight is 259 g/mol. The van der Waals surface area contributed by atoms with Gasteiger partial charge in [0.2, 0.25) is 10.0 Å². The molecular weight excluding hydrogens is 234 g/mol. The molecule has 1 atom stereocenters. The number of hydrogen-bond donors (Lipinski definition) is 0. The van der Waals surface area contributed by atoms with E-state index in [9.17, 15) is 8.42 Å². The lowest BCUT2D eigenvalue weighted by Gasteiger charge is -2.34. The summed E-state index contributed by atoms with van der Waals surface area (Å²) in [6, 6.07) is 0.220. The monoisotopic (exact) mass is 259 g/mol. The average Bonchev–Trinajstić information content (AvgIpc) is 2.30. The predicted molar refractivity (Wildman–Crippen MR) is 70.4 cm³/mol. The van der Waals surface area contributed by atoms with Crippen LogP contribution in [-0.2, 0) is 10.0 Å². The molecule has 0 aromatic carbocycles. The second-order valence-corrected chi connectivity index (χ2v) is 7.70. The van der Waals surface area contributed by atoms with Crippen LogP contribution in [0, 0.1) is 5.92 Å². The number of rotatable bonds is 3. The van der Waals surface area contributed by atoms with Crippen molar-refractivity contribution in [2.75, 3.05) is 12.3 Å². The zero-order chi connectivity index (χ0) is 12.3. The molecule has 2 rings (SSSR count). The Morgan fingerprint density at radius 1 is 1.00 bits per heavy atom. The lowest BCUT2D eigenvalue weighted by molar-refractivity contribution is 0.264. The van der Waals surface area contributed by atoms with Gasteiger partial charge >= 0.3 is 0 Å². The van der Waals surface area contributed by atoms with Crippen LogP contribution in [0.15, 0.2) is 0 Å². The minimum Gasteiger partial charge on any atom is -0.212 e. The molecule has 2 fully saturated rings. The van der Waals surface area contributed by atoms with Gasteiger partial charge in [-0.1, -0.05) is 25.7 Å². The highest BCUT2D eigenvalue weighted by Crippen LogP contribution is 2.28. The molecule has 1 aliphatic carbocycles. The topological polar surface area (TPSA) is 37.4 Å². The maximum absolute atomic E-state index is 12.4. The molecule has 0 aromatic rings. The van der Waals surface area contributed by atoms with Crippen LogP contribution < -0.4 is 0 Å². The van der Waals surface area contributed by atoms with E-state index in [4.69, 9.17) is 0 Å². The second kappa shape index (κ2) is 5.70. The van der Waals surface area contributed by atoms with E-state index in [0.717, 1.165) is 32.2 Å². The van der Waals surface area contributed by atoms with Crippen LogP contribution >= 0.6 is 0 Å². The Balaban J connectivity index is 1.96. The first kappa shape index (κ1) is 13.3. The summed E-state index contributed by atoms with van der Waals surface area (Å²) in [7, 11) is -3.00. The van der Waals surface area contributed by atoms with E-state index < -0.39 is 10.0 Å². The van der Waals surface area contributed by atoms with Crippen LogP contribution in [0.4, 0.5) is 0 Å². The zero-order valence-electron chi connectivity index (χ0n) is 10.9. The summed E-state index contributed by atoms with van der Waals surface area (Å²) in [5, 5.41) is 0. The Morgan fingerprint density at radius 2 is 1.65 bits per heavy atom. The molecule has 0 radical (unpaired) electrons. The molecule has 1 heterocycles. The van der Waals surface area contributed by atoms with Crippen molar-refractivity contribution in [3.8, 4) is 0 Å². The highest BCUT2D eigenvalue weighted by atomic mass is 32.2. The molecule has 0 unspecified atom stereocenters. The van der Waals surface area contributed by atoms with E-state index in [0.29, 0.717) is 11.7 Å². The van der Waals surface area contributed by atoms with Gasteiger partial charge < -0.3 is 0 Å². The highest BCUT2D eigenvalue weighted by Gasteiger charge is 2.31. The van der Waals surface area contributed by atoms with Crippen molar-refractivity contribution in [2.24, 2.45) is 5.92 Å². The molecule has 3 nitrogen and oxygen atoms in total. The quantitative estimate of drug-likeness (QED) is 0.781. The van der Waals surface area contributed by atoms with Gasteiger partial charge in [0.15, 0.2) is 0 Å². The first-order chi connectivity index (χ1) is 8.09. The lowest BCUT2D eigenvalue weighted by Crippen LogP contribution is -2.44. The third-order valence-electron chi connectivity index (χ3n) is 4.27. The Bertz CT molecular complexity index is 333. The van der Waals surface area contributed by atoms with Crippen LogP contribution in [0.2, 0.25) is 0 Å². The first-order valence-electron chi connectivity index (χ1n) is 7.09. The minimum atomic E-state index is -3.00. The predicted octanol–water partition coefficient (Wildman–Crippen LogP) is 2.77. The van der Waals surface area contributed by atoms with Gasteiger partial charge in [-0.25, -0.2) is 8.42 Å². The van der Waals surface area contributed by atoms with E-state index in [1.165, 1.54) is 25.7 Å². The van der Waals surface area contributed by atoms with Crippen molar-refractivity contribution < 1.29 is 8.42 Å². The first-order valence-corrected chi connectivity index (χ1v) is 8.70. The van der Waals surface area contributed by atoms with Crippen molar-refractivity contribution in [1.29, 1.82) is 0 Å². The van der Waals surface area contributed by atoms with Crippen LogP contribution in [-0.4, -0.2) is 31.1 Å². The summed E-state index contributed by atoms with van der Waals surface area (Å²) in [6.45, 7) is 2.80. The molecule has 1 saturated carbocycles. The summed E-state index contributed by atoms with van der Waals surface area (Å²) in [5.74, 6) is 0.819. The molecule has 100 valence electrons. The van der Waals surface area contributed by atoms with Gasteiger partial charge in [-0.15, -0.1) is 0 Å². The normalized spacial score (nSPS) is 29.4. The lowest BCUT2D eigenvalue weighted by atomic mass is 9.91. The molecule has 4 heteroatoms. The Kier molecular flexibility index (Phi) is 4.47. The van der Waals surface area contributed by atoms with Crippen LogP contribution in [0.3, 0.4) is 0 Å². The van der Waals surface area contributed by atoms with E-state index in [1.54, 1.807) is 4.31 Å². The number of piperidine rings is 1. The molecule has 1 saturated heterocycles. The number of hydrogen-bond acceptors (Lipinski definition) is 2. The standard InChI is InChI=1S/C13H25NO2S/c1-12-7-5-6-10-14(12)17(15,16)11-13-8-3-2-4-9-13/h12-13H,2-11H2,1H3/t12-/m1/s1. The van der Waals surface area contributed by atoms with Gasteiger partial charge in [-0.05, 0) is 38.5 Å². The summed E-state index contributed by atoms with van der Waals surface area (Å²) >= 11 is 0. The van der Waals surface area contributed by atoms with Gasteiger partial charge in [0.05, 0.1) is 5.75 Å². The number of nitrogens with zero attached hydrogens (tertiary/aromatic N) is 1. The van der Waals surface area contributed by atoms with Crippen LogP contribution in [0.5, 0.6) is 0 Å². The van der Waals surface area contributed by atoms with Crippen molar-refractivity contribution >= 4 is 10.0 Å². The Labute approximate surface area is 106 Å². The van der Waals surface area contributed by atoms with Gasteiger partial charge in [-0.3, -0.25) is 0 Å². The summed E-state index contributed by atoms with van der Waals surface area (Å²) in [4.78, 5) is 0. The number of sulfonamides is 1. The van der Waals surface area contributed by atoms with E-state index >= 15 is 0 Å². The van der Waals surface area contributed by atoms with Crippen molar-refractivity contribution in [3.63, 3.8) is 0 Å². The maximum Gasteiger partial charge on any atom is 0.214 e. The van der Waals surface area contributed by atoms with Crippen molar-refractivity contribution in [2.45, 2.75) is 64.3 Å². The minimum absolute atomic E-state index is 0.220. The fourth-order valence-corrected chi connectivity index (χ4v) is 5.41. The molecule has 0 N–H and O–H groups in total. The van der Waals surface area contributed by atoms with Gasteiger partial charge in [0.25, 0.3) is 0 Å². The van der Waals surface area contributed by atoms with Gasteiger partial charge in [-0.2, -0.15) is 4.31 Å². The molecular formula is C13H25NO2S. The molecule has 17 heavy (non-hydrogen) atoms. The molecule has 1 aliphatic heterocycles. The Hall–Kier alpha value is -0.0900. The fourth-order valence-electron chi connectivity index (χ4n) is 3.23. The molecule has 0 bridgehead atoms. The Morgan fingerprint density at radius 3 is 2.29 bits per heavy atom. The fraction of sp³-hybridized carbons (Fsp3) is 1.00. The van der Waals surface area contributed by atoms with E-state index in [1.807, 2.05) is 0 Å². The summed E-state index contributed by atoms with van der Waals surface area (Å²) in [6.07, 6.45) is 9.19. The third-order valence-corrected chi connectivity index (χ3v) is 6.42. The largest absolute Gasteiger partial charge is 0.214 e. The SMILES string of the molecule is C[C@@H]1CCCCN1S(=O)(=O)CC1CCCCC1. The van der Waals surface area contributed by atoms with E-state index in [2.05, 4.69) is 6.92 Å². The van der Waals surface area contributed by atoms with Crippen LogP contribution in [0.1, 0.15) is 58.3 Å². The van der Waals surface area contributed by atoms with Crippen LogP contribution in [0.25, 0.3) is 0 Å².